The van der Waals surface area contributed by atoms with Gasteiger partial charge in [-0.1, -0.05) is 6.07 Å². The Morgan fingerprint density at radius 2 is 2.16 bits per heavy atom. The summed E-state index contributed by atoms with van der Waals surface area (Å²) in [6.45, 7) is 2.31. The maximum atomic E-state index is 12.4. The van der Waals surface area contributed by atoms with E-state index in [9.17, 15) is 4.79 Å². The van der Waals surface area contributed by atoms with Gasteiger partial charge in [-0.15, -0.1) is 0 Å². The Hall–Kier alpha value is -2.47. The zero-order valence-electron chi connectivity index (χ0n) is 14.4. The highest BCUT2D eigenvalue weighted by atomic mass is 16.5. The van der Waals surface area contributed by atoms with Crippen molar-refractivity contribution in [3.05, 3.63) is 54.6 Å². The second-order valence-electron chi connectivity index (χ2n) is 6.16. The lowest BCUT2D eigenvalue weighted by molar-refractivity contribution is -0.131. The van der Waals surface area contributed by atoms with Crippen LogP contribution >= 0.6 is 0 Å². The van der Waals surface area contributed by atoms with Gasteiger partial charge < -0.3 is 14.4 Å². The molecule has 0 radical (unpaired) electrons. The quantitative estimate of drug-likeness (QED) is 0.772. The SMILES string of the molecule is COCCC(=O)N1C[C@@H](COc2cccnc2)[C@H](c2ccccn2)C1. The van der Waals surface area contributed by atoms with Crippen molar-refractivity contribution in [2.24, 2.45) is 5.92 Å². The molecule has 6 nitrogen and oxygen atoms in total. The Morgan fingerprint density at radius 3 is 2.88 bits per heavy atom. The monoisotopic (exact) mass is 341 g/mol. The molecule has 0 bridgehead atoms. The summed E-state index contributed by atoms with van der Waals surface area (Å²) in [5.41, 5.74) is 1.00. The Morgan fingerprint density at radius 1 is 1.24 bits per heavy atom. The summed E-state index contributed by atoms with van der Waals surface area (Å²) >= 11 is 0. The van der Waals surface area contributed by atoms with E-state index in [1.165, 1.54) is 0 Å². The van der Waals surface area contributed by atoms with E-state index in [2.05, 4.69) is 9.97 Å². The lowest BCUT2D eigenvalue weighted by Gasteiger charge is -2.18. The van der Waals surface area contributed by atoms with Gasteiger partial charge in [0.05, 0.1) is 25.8 Å². The first-order valence-electron chi connectivity index (χ1n) is 8.48. The van der Waals surface area contributed by atoms with Gasteiger partial charge >= 0.3 is 0 Å². The minimum Gasteiger partial charge on any atom is -0.492 e. The molecule has 6 heteroatoms. The molecule has 3 heterocycles. The number of carbonyl (C=O) groups excluding carboxylic acids is 1. The van der Waals surface area contributed by atoms with E-state index in [1.807, 2.05) is 35.2 Å². The van der Waals surface area contributed by atoms with Gasteiger partial charge in [0.2, 0.25) is 5.91 Å². The average molecular weight is 341 g/mol. The van der Waals surface area contributed by atoms with Gasteiger partial charge in [-0.25, -0.2) is 0 Å². The molecular weight excluding hydrogens is 318 g/mol. The van der Waals surface area contributed by atoms with E-state index < -0.39 is 0 Å². The van der Waals surface area contributed by atoms with Gasteiger partial charge in [-0.2, -0.15) is 0 Å². The van der Waals surface area contributed by atoms with Crippen LogP contribution in [0.5, 0.6) is 5.75 Å². The lowest BCUT2D eigenvalue weighted by Crippen LogP contribution is -2.30. The van der Waals surface area contributed by atoms with Crippen LogP contribution in [-0.4, -0.2) is 54.2 Å². The van der Waals surface area contributed by atoms with E-state index >= 15 is 0 Å². The summed E-state index contributed by atoms with van der Waals surface area (Å²) in [6, 6.07) is 9.64. The molecule has 0 unspecified atom stereocenters. The summed E-state index contributed by atoms with van der Waals surface area (Å²) < 4.78 is 10.9. The van der Waals surface area contributed by atoms with Crippen LogP contribution in [0.4, 0.5) is 0 Å². The van der Waals surface area contributed by atoms with Crippen molar-refractivity contribution >= 4 is 5.91 Å². The highest BCUT2D eigenvalue weighted by Crippen LogP contribution is 2.32. The fourth-order valence-corrected chi connectivity index (χ4v) is 3.16. The maximum Gasteiger partial charge on any atom is 0.224 e. The minimum atomic E-state index is 0.117. The molecule has 2 atom stereocenters. The molecule has 3 rings (SSSR count). The Kier molecular flexibility index (Phi) is 5.95. The van der Waals surface area contributed by atoms with Gasteiger partial charge in [0.25, 0.3) is 0 Å². The van der Waals surface area contributed by atoms with Crippen molar-refractivity contribution in [2.45, 2.75) is 12.3 Å². The molecule has 1 saturated heterocycles. The van der Waals surface area contributed by atoms with E-state index in [4.69, 9.17) is 9.47 Å². The number of likely N-dealkylation sites (tertiary alicyclic amines) is 1. The Bertz CT molecular complexity index is 666. The first-order chi connectivity index (χ1) is 12.3. The molecule has 1 fully saturated rings. The number of ether oxygens (including phenoxy) is 2. The first kappa shape index (κ1) is 17.4. The van der Waals surface area contributed by atoms with Crippen LogP contribution in [0, 0.1) is 5.92 Å². The van der Waals surface area contributed by atoms with Crippen molar-refractivity contribution in [1.82, 2.24) is 14.9 Å². The predicted octanol–water partition coefficient (Wildman–Crippen LogP) is 2.13. The van der Waals surface area contributed by atoms with Crippen molar-refractivity contribution in [3.63, 3.8) is 0 Å². The molecule has 2 aromatic rings. The number of hydrogen-bond donors (Lipinski definition) is 0. The molecule has 25 heavy (non-hydrogen) atoms. The van der Waals surface area contributed by atoms with Crippen LogP contribution in [-0.2, 0) is 9.53 Å². The van der Waals surface area contributed by atoms with Crippen LogP contribution < -0.4 is 4.74 Å². The highest BCUT2D eigenvalue weighted by Gasteiger charge is 2.37. The molecule has 0 spiro atoms. The van der Waals surface area contributed by atoms with Gasteiger partial charge in [0, 0.05) is 50.1 Å². The van der Waals surface area contributed by atoms with E-state index in [0.717, 1.165) is 11.4 Å². The third-order valence-corrected chi connectivity index (χ3v) is 4.48. The number of hydrogen-bond acceptors (Lipinski definition) is 5. The number of carbonyl (C=O) groups is 1. The second kappa shape index (κ2) is 8.58. The summed E-state index contributed by atoms with van der Waals surface area (Å²) in [6.07, 6.45) is 5.62. The van der Waals surface area contributed by atoms with Crippen molar-refractivity contribution < 1.29 is 14.3 Å². The topological polar surface area (TPSA) is 64.5 Å². The van der Waals surface area contributed by atoms with Gasteiger partial charge in [0.1, 0.15) is 5.75 Å². The van der Waals surface area contributed by atoms with Gasteiger partial charge in [-0.05, 0) is 24.3 Å². The molecule has 132 valence electrons. The number of nitrogens with zero attached hydrogens (tertiary/aromatic N) is 3. The fraction of sp³-hybridized carbons (Fsp3) is 0.421. The largest absolute Gasteiger partial charge is 0.492 e. The molecule has 1 aliphatic heterocycles. The van der Waals surface area contributed by atoms with Gasteiger partial charge in [0.15, 0.2) is 0 Å². The molecule has 0 N–H and O–H groups in total. The smallest absolute Gasteiger partial charge is 0.224 e. The Balaban J connectivity index is 1.69. The molecule has 1 amide bonds. The molecule has 2 aromatic heterocycles. The number of methoxy groups -OCH3 is 1. The minimum absolute atomic E-state index is 0.117. The van der Waals surface area contributed by atoms with Crippen molar-refractivity contribution in [3.8, 4) is 5.75 Å². The van der Waals surface area contributed by atoms with Crippen LogP contribution in [0.25, 0.3) is 0 Å². The summed E-state index contributed by atoms with van der Waals surface area (Å²) in [7, 11) is 1.61. The summed E-state index contributed by atoms with van der Waals surface area (Å²) in [4.78, 5) is 22.8. The predicted molar refractivity (Wildman–Crippen MR) is 93.3 cm³/mol. The summed E-state index contributed by atoms with van der Waals surface area (Å²) in [5, 5.41) is 0. The Labute approximate surface area is 147 Å². The molecule has 0 saturated carbocycles. The normalized spacial score (nSPS) is 19.8. The average Bonchev–Trinajstić information content (AvgIpc) is 3.10. The molecule has 1 aliphatic rings. The van der Waals surface area contributed by atoms with E-state index in [1.54, 1.807) is 25.7 Å². The van der Waals surface area contributed by atoms with Crippen LogP contribution in [0.1, 0.15) is 18.0 Å². The lowest BCUT2D eigenvalue weighted by atomic mass is 9.93. The standard InChI is InChI=1S/C19H23N3O3/c1-24-10-7-19(23)22-12-15(14-25-16-5-4-8-20-11-16)17(13-22)18-6-2-3-9-21-18/h2-6,8-9,11,15,17H,7,10,12-14H2,1H3/t15-,17+/m0/s1. The molecule has 0 aliphatic carbocycles. The number of pyridine rings is 2. The number of aromatic nitrogens is 2. The van der Waals surface area contributed by atoms with Crippen molar-refractivity contribution in [1.29, 1.82) is 0 Å². The molecular formula is C19H23N3O3. The van der Waals surface area contributed by atoms with Gasteiger partial charge in [-0.3, -0.25) is 14.8 Å². The first-order valence-corrected chi connectivity index (χ1v) is 8.48. The third-order valence-electron chi connectivity index (χ3n) is 4.48. The number of rotatable bonds is 7. The van der Waals surface area contributed by atoms with Crippen LogP contribution in [0.3, 0.4) is 0 Å². The van der Waals surface area contributed by atoms with Crippen LogP contribution in [0.15, 0.2) is 48.9 Å². The third kappa shape index (κ3) is 4.54. The molecule has 0 aromatic carbocycles. The highest BCUT2D eigenvalue weighted by molar-refractivity contribution is 5.76. The fourth-order valence-electron chi connectivity index (χ4n) is 3.16. The number of amides is 1. The van der Waals surface area contributed by atoms with E-state index in [0.29, 0.717) is 32.7 Å². The van der Waals surface area contributed by atoms with Crippen LogP contribution in [0.2, 0.25) is 0 Å². The summed E-state index contributed by atoms with van der Waals surface area (Å²) in [5.74, 6) is 1.23. The zero-order chi connectivity index (χ0) is 17.5. The van der Waals surface area contributed by atoms with Crippen molar-refractivity contribution in [2.75, 3.05) is 33.4 Å². The van der Waals surface area contributed by atoms with E-state index in [-0.39, 0.29) is 17.7 Å². The maximum absolute atomic E-state index is 12.4. The second-order valence-corrected chi connectivity index (χ2v) is 6.16. The zero-order valence-corrected chi connectivity index (χ0v) is 14.4.